The lowest BCUT2D eigenvalue weighted by Gasteiger charge is -2.07. The molecule has 0 unspecified atom stereocenters. The van der Waals surface area contributed by atoms with Crippen molar-refractivity contribution in [2.45, 2.75) is 25.7 Å². The average molecular weight is 268 g/mol. The molecule has 0 atom stereocenters. The average Bonchev–Trinajstić information content (AvgIpc) is 2.84. The third kappa shape index (κ3) is 3.20. The Morgan fingerprint density at radius 2 is 2.39 bits per heavy atom. The fraction of sp³-hybridized carbons (Fsp3) is 0.417. The number of nitro groups is 1. The van der Waals surface area contributed by atoms with Gasteiger partial charge in [-0.25, -0.2) is 4.98 Å². The Morgan fingerprint density at radius 1 is 1.56 bits per heavy atom. The van der Waals surface area contributed by atoms with E-state index < -0.39 is 4.92 Å². The highest BCUT2D eigenvalue weighted by molar-refractivity contribution is 6.33. The summed E-state index contributed by atoms with van der Waals surface area (Å²) in [5.74, 6) is 0.501. The molecule has 0 spiro atoms. The Hall–Kier alpha value is -1.62. The third-order valence-corrected chi connectivity index (χ3v) is 3.20. The van der Waals surface area contributed by atoms with Gasteiger partial charge in [0.15, 0.2) is 0 Å². The summed E-state index contributed by atoms with van der Waals surface area (Å²) in [5.41, 5.74) is 1.37. The van der Waals surface area contributed by atoms with Crippen LogP contribution in [0.25, 0.3) is 0 Å². The van der Waals surface area contributed by atoms with Crippen molar-refractivity contribution in [1.29, 1.82) is 0 Å². The number of allylic oxidation sites excluding steroid dienone is 1. The Balaban J connectivity index is 1.91. The molecule has 1 heterocycles. The number of nitrogens with zero attached hydrogens (tertiary/aromatic N) is 2. The highest BCUT2D eigenvalue weighted by Crippen LogP contribution is 2.25. The lowest BCUT2D eigenvalue weighted by Crippen LogP contribution is -2.05. The van der Waals surface area contributed by atoms with Crippen molar-refractivity contribution in [2.24, 2.45) is 0 Å². The molecule has 1 N–H and O–H groups in total. The number of halogens is 1. The summed E-state index contributed by atoms with van der Waals surface area (Å²) in [6, 6.07) is 1.31. The van der Waals surface area contributed by atoms with Gasteiger partial charge in [-0.05, 0) is 25.7 Å². The maximum Gasteiger partial charge on any atom is 0.289 e. The topological polar surface area (TPSA) is 68.1 Å². The van der Waals surface area contributed by atoms with Gasteiger partial charge in [-0.15, -0.1) is 0 Å². The van der Waals surface area contributed by atoms with Gasteiger partial charge in [-0.3, -0.25) is 10.1 Å². The van der Waals surface area contributed by atoms with E-state index in [4.69, 9.17) is 11.6 Å². The maximum absolute atomic E-state index is 10.5. The summed E-state index contributed by atoms with van der Waals surface area (Å²) in [6.07, 6.45) is 8.03. The minimum absolute atomic E-state index is 0.0935. The molecule has 5 nitrogen and oxygen atoms in total. The lowest BCUT2D eigenvalue weighted by molar-refractivity contribution is -0.385. The van der Waals surface area contributed by atoms with E-state index >= 15 is 0 Å². The van der Waals surface area contributed by atoms with Gasteiger partial charge in [0.05, 0.1) is 9.95 Å². The number of hydrogen-bond donors (Lipinski definition) is 1. The molecule has 18 heavy (non-hydrogen) atoms. The monoisotopic (exact) mass is 267 g/mol. The number of nitrogens with one attached hydrogen (secondary N) is 1. The largest absolute Gasteiger partial charge is 0.369 e. The minimum Gasteiger partial charge on any atom is -0.369 e. The van der Waals surface area contributed by atoms with Crippen LogP contribution >= 0.6 is 11.6 Å². The van der Waals surface area contributed by atoms with Gasteiger partial charge in [-0.1, -0.05) is 23.3 Å². The second-order valence-electron chi connectivity index (χ2n) is 4.21. The molecule has 0 aromatic carbocycles. The zero-order valence-electron chi connectivity index (χ0n) is 9.86. The normalized spacial score (nSPS) is 14.4. The van der Waals surface area contributed by atoms with Crippen LogP contribution in [0.4, 0.5) is 11.5 Å². The van der Waals surface area contributed by atoms with E-state index in [1.165, 1.54) is 37.1 Å². The van der Waals surface area contributed by atoms with E-state index in [1.807, 2.05) is 0 Å². The highest BCUT2D eigenvalue weighted by Gasteiger charge is 2.11. The fourth-order valence-corrected chi connectivity index (χ4v) is 2.19. The van der Waals surface area contributed by atoms with E-state index in [0.717, 1.165) is 13.0 Å². The van der Waals surface area contributed by atoms with Crippen LogP contribution in [0.3, 0.4) is 0 Å². The van der Waals surface area contributed by atoms with Crippen molar-refractivity contribution < 1.29 is 4.92 Å². The fourth-order valence-electron chi connectivity index (χ4n) is 1.96. The highest BCUT2D eigenvalue weighted by atomic mass is 35.5. The van der Waals surface area contributed by atoms with E-state index in [2.05, 4.69) is 16.4 Å². The molecule has 0 aliphatic heterocycles. The number of aromatic nitrogens is 1. The van der Waals surface area contributed by atoms with Gasteiger partial charge >= 0.3 is 0 Å². The van der Waals surface area contributed by atoms with E-state index in [9.17, 15) is 10.1 Å². The first-order valence-electron chi connectivity index (χ1n) is 5.88. The smallest absolute Gasteiger partial charge is 0.289 e. The summed E-state index contributed by atoms with van der Waals surface area (Å²) in [4.78, 5) is 14.0. The second-order valence-corrected chi connectivity index (χ2v) is 4.62. The van der Waals surface area contributed by atoms with Crippen molar-refractivity contribution in [3.8, 4) is 0 Å². The number of rotatable bonds is 5. The Kier molecular flexibility index (Phi) is 4.15. The molecule has 1 aromatic heterocycles. The van der Waals surface area contributed by atoms with Crippen LogP contribution in [0.5, 0.6) is 0 Å². The van der Waals surface area contributed by atoms with Crippen LogP contribution in [-0.2, 0) is 0 Å². The molecule has 0 saturated heterocycles. The summed E-state index contributed by atoms with van der Waals surface area (Å²) in [7, 11) is 0. The molecule has 0 saturated carbocycles. The second kappa shape index (κ2) is 5.82. The van der Waals surface area contributed by atoms with Gasteiger partial charge < -0.3 is 5.32 Å². The molecular formula is C12H14ClN3O2. The first kappa shape index (κ1) is 12.8. The van der Waals surface area contributed by atoms with Crippen molar-refractivity contribution >= 4 is 23.1 Å². The summed E-state index contributed by atoms with van der Waals surface area (Å²) in [6.45, 7) is 0.746. The van der Waals surface area contributed by atoms with E-state index in [0.29, 0.717) is 5.82 Å². The van der Waals surface area contributed by atoms with Crippen molar-refractivity contribution in [3.05, 3.63) is 39.0 Å². The summed E-state index contributed by atoms with van der Waals surface area (Å²) < 4.78 is 0. The van der Waals surface area contributed by atoms with Crippen molar-refractivity contribution in [3.63, 3.8) is 0 Å². The molecule has 1 aromatic rings. The third-order valence-electron chi connectivity index (χ3n) is 2.91. The summed E-state index contributed by atoms with van der Waals surface area (Å²) in [5, 5.41) is 13.9. The Labute approximate surface area is 110 Å². The van der Waals surface area contributed by atoms with Crippen LogP contribution < -0.4 is 5.32 Å². The van der Waals surface area contributed by atoms with Gasteiger partial charge in [0.1, 0.15) is 12.0 Å². The molecule has 6 heteroatoms. The van der Waals surface area contributed by atoms with Crippen LogP contribution in [0.1, 0.15) is 25.7 Å². The van der Waals surface area contributed by atoms with Gasteiger partial charge in [0, 0.05) is 12.6 Å². The van der Waals surface area contributed by atoms with Crippen molar-refractivity contribution in [2.75, 3.05) is 11.9 Å². The molecule has 1 aliphatic rings. The molecule has 1 aliphatic carbocycles. The van der Waals surface area contributed by atoms with Gasteiger partial charge in [0.2, 0.25) is 0 Å². The van der Waals surface area contributed by atoms with Crippen LogP contribution in [0, 0.1) is 10.1 Å². The Bertz CT molecular complexity index is 488. The standard InChI is InChI=1S/C12H14ClN3O2/c13-11-7-10(16(17)18)8-15-12(11)14-6-5-9-3-1-2-4-9/h3,7-8H,1-2,4-6H2,(H,14,15). The number of hydrogen-bond acceptors (Lipinski definition) is 4. The predicted molar refractivity (Wildman–Crippen MR) is 70.9 cm³/mol. The van der Waals surface area contributed by atoms with E-state index in [1.54, 1.807) is 0 Å². The van der Waals surface area contributed by atoms with Crippen LogP contribution in [0.2, 0.25) is 5.02 Å². The number of anilines is 1. The molecule has 0 bridgehead atoms. The minimum atomic E-state index is -0.508. The molecular weight excluding hydrogens is 254 g/mol. The molecule has 2 rings (SSSR count). The van der Waals surface area contributed by atoms with Crippen LogP contribution in [-0.4, -0.2) is 16.5 Å². The molecule has 0 radical (unpaired) electrons. The van der Waals surface area contributed by atoms with E-state index in [-0.39, 0.29) is 10.7 Å². The molecule has 0 fully saturated rings. The van der Waals surface area contributed by atoms with Crippen molar-refractivity contribution in [1.82, 2.24) is 4.98 Å². The lowest BCUT2D eigenvalue weighted by atomic mass is 10.2. The Morgan fingerprint density at radius 3 is 3.00 bits per heavy atom. The molecule has 0 amide bonds. The van der Waals surface area contributed by atoms with Crippen LogP contribution in [0.15, 0.2) is 23.9 Å². The predicted octanol–water partition coefficient (Wildman–Crippen LogP) is 3.56. The molecule has 96 valence electrons. The zero-order valence-corrected chi connectivity index (χ0v) is 10.6. The quantitative estimate of drug-likeness (QED) is 0.503. The maximum atomic E-state index is 10.5. The SMILES string of the molecule is O=[N+]([O-])c1cnc(NCCC2=CCCC2)c(Cl)c1. The number of pyridine rings is 1. The van der Waals surface area contributed by atoms with Gasteiger partial charge in [0.25, 0.3) is 5.69 Å². The first-order valence-corrected chi connectivity index (χ1v) is 6.26. The zero-order chi connectivity index (χ0) is 13.0. The summed E-state index contributed by atoms with van der Waals surface area (Å²) >= 11 is 5.92. The first-order chi connectivity index (χ1) is 8.66. The van der Waals surface area contributed by atoms with Gasteiger partial charge in [-0.2, -0.15) is 0 Å².